The molecule has 2 heterocycles. The highest BCUT2D eigenvalue weighted by atomic mass is 16.5. The Balaban J connectivity index is 1.79. The molecule has 0 spiro atoms. The molecular weight excluding hydrogens is 412 g/mol. The van der Waals surface area contributed by atoms with Crippen molar-refractivity contribution >= 4 is 23.1 Å². The summed E-state index contributed by atoms with van der Waals surface area (Å²) >= 11 is 0. The van der Waals surface area contributed by atoms with E-state index in [1.54, 1.807) is 61.7 Å². The molecule has 1 aromatic heterocycles. The van der Waals surface area contributed by atoms with Crippen LogP contribution < -0.4 is 19.5 Å². The highest BCUT2D eigenvalue weighted by Crippen LogP contribution is 2.36. The lowest BCUT2D eigenvalue weighted by Crippen LogP contribution is -2.31. The Hall–Kier alpha value is -4.20. The molecule has 164 valence electrons. The molecule has 8 nitrogen and oxygen atoms in total. The number of hydrogen-bond donors (Lipinski definition) is 1. The molecular formula is C24H22N2O6. The van der Waals surface area contributed by atoms with E-state index in [9.17, 15) is 9.59 Å². The number of imide groups is 1. The van der Waals surface area contributed by atoms with Crippen molar-refractivity contribution in [2.75, 3.05) is 26.6 Å². The first kappa shape index (κ1) is 21.0. The third-order valence-corrected chi connectivity index (χ3v) is 5.07. The maximum atomic E-state index is 13.4. The van der Waals surface area contributed by atoms with Crippen LogP contribution >= 0.6 is 0 Å². The van der Waals surface area contributed by atoms with Crippen LogP contribution in [0, 0.1) is 0 Å². The van der Waals surface area contributed by atoms with Crippen molar-refractivity contribution in [3.05, 3.63) is 77.9 Å². The standard InChI is InChI=1S/C24H22N2O6/c1-29-17-7-4-6-16(13-17)25-22-21(15-9-10-19(30-2)20(12-15)31-3)23(27)26(24(22)28)14-18-8-5-11-32-18/h4-13,25H,14H2,1-3H3. The van der Waals surface area contributed by atoms with E-state index in [4.69, 9.17) is 18.6 Å². The third-order valence-electron chi connectivity index (χ3n) is 5.07. The molecule has 0 saturated carbocycles. The number of benzene rings is 2. The van der Waals surface area contributed by atoms with Gasteiger partial charge in [-0.05, 0) is 42.0 Å². The molecule has 2 aromatic carbocycles. The van der Waals surface area contributed by atoms with E-state index in [0.29, 0.717) is 34.3 Å². The van der Waals surface area contributed by atoms with Crippen LogP contribution in [0.5, 0.6) is 17.2 Å². The van der Waals surface area contributed by atoms with Gasteiger partial charge in [-0.1, -0.05) is 12.1 Å². The van der Waals surface area contributed by atoms with Crippen molar-refractivity contribution < 1.29 is 28.2 Å². The number of hydrogen-bond acceptors (Lipinski definition) is 7. The fourth-order valence-corrected chi connectivity index (χ4v) is 3.50. The topological polar surface area (TPSA) is 90.2 Å². The van der Waals surface area contributed by atoms with Crippen LogP contribution in [-0.2, 0) is 16.1 Å². The van der Waals surface area contributed by atoms with Crippen LogP contribution in [0.1, 0.15) is 11.3 Å². The van der Waals surface area contributed by atoms with Crippen molar-refractivity contribution in [1.82, 2.24) is 4.90 Å². The number of carbonyl (C=O) groups excluding carboxylic acids is 2. The average Bonchev–Trinajstić information content (AvgIpc) is 3.41. The number of methoxy groups -OCH3 is 3. The van der Waals surface area contributed by atoms with Gasteiger partial charge >= 0.3 is 0 Å². The number of nitrogens with zero attached hydrogens (tertiary/aromatic N) is 1. The molecule has 1 N–H and O–H groups in total. The van der Waals surface area contributed by atoms with Gasteiger partial charge in [-0.2, -0.15) is 0 Å². The maximum absolute atomic E-state index is 13.4. The van der Waals surface area contributed by atoms with Crippen LogP contribution in [0.2, 0.25) is 0 Å². The molecule has 4 rings (SSSR count). The number of furan rings is 1. The molecule has 32 heavy (non-hydrogen) atoms. The first-order valence-corrected chi connectivity index (χ1v) is 9.82. The summed E-state index contributed by atoms with van der Waals surface area (Å²) in [6.45, 7) is 0.0186. The van der Waals surface area contributed by atoms with Gasteiger partial charge in [-0.15, -0.1) is 0 Å². The largest absolute Gasteiger partial charge is 0.497 e. The van der Waals surface area contributed by atoms with Crippen LogP contribution in [0.4, 0.5) is 5.69 Å². The number of anilines is 1. The van der Waals surface area contributed by atoms with Crippen LogP contribution in [-0.4, -0.2) is 38.0 Å². The molecule has 1 aliphatic heterocycles. The summed E-state index contributed by atoms with van der Waals surface area (Å²) < 4.78 is 21.3. The van der Waals surface area contributed by atoms with E-state index in [0.717, 1.165) is 4.90 Å². The highest BCUT2D eigenvalue weighted by Gasteiger charge is 2.40. The van der Waals surface area contributed by atoms with Gasteiger partial charge in [0.1, 0.15) is 17.2 Å². The zero-order chi connectivity index (χ0) is 22.7. The lowest BCUT2D eigenvalue weighted by molar-refractivity contribution is -0.137. The number of carbonyl (C=O) groups is 2. The third kappa shape index (κ3) is 3.90. The summed E-state index contributed by atoms with van der Waals surface area (Å²) in [5.41, 5.74) is 1.51. The molecule has 2 amide bonds. The Morgan fingerprint density at radius 3 is 2.38 bits per heavy atom. The fraction of sp³-hybridized carbons (Fsp3) is 0.167. The zero-order valence-electron chi connectivity index (χ0n) is 17.9. The molecule has 0 aliphatic carbocycles. The number of nitrogens with one attached hydrogen (secondary N) is 1. The fourth-order valence-electron chi connectivity index (χ4n) is 3.50. The molecule has 0 saturated heterocycles. The highest BCUT2D eigenvalue weighted by molar-refractivity contribution is 6.36. The summed E-state index contributed by atoms with van der Waals surface area (Å²) in [5.74, 6) is 1.18. The Bertz CT molecular complexity index is 1180. The summed E-state index contributed by atoms with van der Waals surface area (Å²) in [7, 11) is 4.60. The van der Waals surface area contributed by atoms with E-state index < -0.39 is 11.8 Å². The van der Waals surface area contributed by atoms with Crippen LogP contribution in [0.25, 0.3) is 5.57 Å². The van der Waals surface area contributed by atoms with Gasteiger partial charge in [0.25, 0.3) is 11.8 Å². The van der Waals surface area contributed by atoms with E-state index in [1.165, 1.54) is 20.5 Å². The first-order valence-electron chi connectivity index (χ1n) is 9.82. The minimum Gasteiger partial charge on any atom is -0.497 e. The van der Waals surface area contributed by atoms with E-state index in [1.807, 2.05) is 0 Å². The second-order valence-corrected chi connectivity index (χ2v) is 6.95. The normalized spacial score (nSPS) is 13.5. The Morgan fingerprint density at radius 2 is 1.69 bits per heavy atom. The van der Waals surface area contributed by atoms with Gasteiger partial charge < -0.3 is 23.9 Å². The van der Waals surface area contributed by atoms with Crippen LogP contribution in [0.3, 0.4) is 0 Å². The van der Waals surface area contributed by atoms with Gasteiger partial charge in [-0.25, -0.2) is 0 Å². The van der Waals surface area contributed by atoms with E-state index in [-0.39, 0.29) is 17.8 Å². The monoisotopic (exact) mass is 434 g/mol. The second-order valence-electron chi connectivity index (χ2n) is 6.95. The summed E-state index contributed by atoms with van der Waals surface area (Å²) in [4.78, 5) is 27.9. The lowest BCUT2D eigenvalue weighted by atomic mass is 10.0. The average molecular weight is 434 g/mol. The summed E-state index contributed by atoms with van der Waals surface area (Å²) in [5, 5.41) is 3.10. The molecule has 0 atom stereocenters. The van der Waals surface area contributed by atoms with Gasteiger partial charge in [0.15, 0.2) is 11.5 Å². The molecule has 1 aliphatic rings. The van der Waals surface area contributed by atoms with Crippen molar-refractivity contribution in [1.29, 1.82) is 0 Å². The number of ether oxygens (including phenoxy) is 3. The minimum absolute atomic E-state index is 0.0186. The van der Waals surface area contributed by atoms with Crippen molar-refractivity contribution in [2.45, 2.75) is 6.54 Å². The summed E-state index contributed by atoms with van der Waals surface area (Å²) in [6.07, 6.45) is 1.50. The van der Waals surface area contributed by atoms with Crippen molar-refractivity contribution in [2.24, 2.45) is 0 Å². The van der Waals surface area contributed by atoms with Crippen molar-refractivity contribution in [3.8, 4) is 17.2 Å². The van der Waals surface area contributed by atoms with E-state index >= 15 is 0 Å². The van der Waals surface area contributed by atoms with Gasteiger partial charge in [0, 0.05) is 11.8 Å². The van der Waals surface area contributed by atoms with E-state index in [2.05, 4.69) is 5.32 Å². The molecule has 0 fully saturated rings. The zero-order valence-corrected chi connectivity index (χ0v) is 17.9. The second kappa shape index (κ2) is 8.89. The lowest BCUT2D eigenvalue weighted by Gasteiger charge is -2.14. The van der Waals surface area contributed by atoms with Crippen LogP contribution in [0.15, 0.2) is 71.0 Å². The Labute approximate surface area is 185 Å². The molecule has 0 bridgehead atoms. The SMILES string of the molecule is COc1cccc(NC2=C(c3ccc(OC)c(OC)c3)C(=O)N(Cc3ccco3)C2=O)c1. The van der Waals surface area contributed by atoms with Gasteiger partial charge in [0.05, 0.1) is 39.7 Å². The van der Waals surface area contributed by atoms with Gasteiger partial charge in [0.2, 0.25) is 0 Å². The first-order chi connectivity index (χ1) is 15.5. The molecule has 8 heteroatoms. The number of amides is 2. The van der Waals surface area contributed by atoms with Gasteiger partial charge in [-0.3, -0.25) is 14.5 Å². The molecule has 0 radical (unpaired) electrons. The van der Waals surface area contributed by atoms with Crippen molar-refractivity contribution in [3.63, 3.8) is 0 Å². The number of rotatable bonds is 8. The predicted molar refractivity (Wildman–Crippen MR) is 117 cm³/mol. The minimum atomic E-state index is -0.459. The Kier molecular flexibility index (Phi) is 5.85. The Morgan fingerprint density at radius 1 is 0.875 bits per heavy atom. The maximum Gasteiger partial charge on any atom is 0.278 e. The molecule has 3 aromatic rings. The molecule has 0 unspecified atom stereocenters. The predicted octanol–water partition coefficient (Wildman–Crippen LogP) is 3.70. The summed E-state index contributed by atoms with van der Waals surface area (Å²) in [6, 6.07) is 15.6. The smallest absolute Gasteiger partial charge is 0.278 e. The quantitative estimate of drug-likeness (QED) is 0.541.